The summed E-state index contributed by atoms with van der Waals surface area (Å²) in [4.78, 5) is 0. The fourth-order valence-corrected chi connectivity index (χ4v) is 2.15. The number of hydrogen-bond donors (Lipinski definition) is 1. The van der Waals surface area contributed by atoms with Gasteiger partial charge in [0.15, 0.2) is 0 Å². The van der Waals surface area contributed by atoms with Gasteiger partial charge < -0.3 is 5.32 Å². The molecule has 0 spiro atoms. The van der Waals surface area contributed by atoms with Crippen LogP contribution in [0.4, 0.5) is 8.78 Å². The fraction of sp³-hybridized carbons (Fsp3) is 0.625. The van der Waals surface area contributed by atoms with Crippen molar-refractivity contribution in [1.29, 1.82) is 0 Å². The van der Waals surface area contributed by atoms with Gasteiger partial charge in [-0.15, -0.1) is 0 Å². The van der Waals surface area contributed by atoms with Gasteiger partial charge in [-0.1, -0.05) is 33.8 Å². The molecular formula is C16H25F2N. The first-order valence-corrected chi connectivity index (χ1v) is 6.99. The SMILES string of the molecule is CCNC(CCC(C)(C)C)Cc1c(F)cccc1F. The molecule has 1 nitrogen and oxygen atoms in total. The topological polar surface area (TPSA) is 12.0 Å². The molecule has 1 aromatic rings. The van der Waals surface area contributed by atoms with Gasteiger partial charge in [-0.2, -0.15) is 0 Å². The van der Waals surface area contributed by atoms with Crippen LogP contribution in [0.25, 0.3) is 0 Å². The lowest BCUT2D eigenvalue weighted by atomic mass is 9.87. The minimum absolute atomic E-state index is 0.121. The molecule has 1 atom stereocenters. The molecule has 0 aliphatic rings. The first kappa shape index (κ1) is 16.1. The van der Waals surface area contributed by atoms with Crippen molar-refractivity contribution in [3.8, 4) is 0 Å². The van der Waals surface area contributed by atoms with Crippen molar-refractivity contribution < 1.29 is 8.78 Å². The monoisotopic (exact) mass is 269 g/mol. The summed E-state index contributed by atoms with van der Waals surface area (Å²) in [5.41, 5.74) is 0.434. The summed E-state index contributed by atoms with van der Waals surface area (Å²) >= 11 is 0. The first-order chi connectivity index (χ1) is 8.83. The maximum Gasteiger partial charge on any atom is 0.129 e. The Morgan fingerprint density at radius 2 is 1.74 bits per heavy atom. The standard InChI is InChI=1S/C16H25F2N/c1-5-19-12(9-10-16(2,3)4)11-13-14(17)7-6-8-15(13)18/h6-8,12,19H,5,9-11H2,1-4H3. The summed E-state index contributed by atoms with van der Waals surface area (Å²) in [7, 11) is 0. The van der Waals surface area contributed by atoms with Crippen LogP contribution in [0.5, 0.6) is 0 Å². The van der Waals surface area contributed by atoms with E-state index in [1.165, 1.54) is 18.2 Å². The van der Waals surface area contributed by atoms with Crippen LogP contribution >= 0.6 is 0 Å². The van der Waals surface area contributed by atoms with E-state index < -0.39 is 11.6 Å². The van der Waals surface area contributed by atoms with E-state index in [-0.39, 0.29) is 17.0 Å². The van der Waals surface area contributed by atoms with Gasteiger partial charge >= 0.3 is 0 Å². The molecule has 0 saturated heterocycles. The molecule has 1 aromatic carbocycles. The van der Waals surface area contributed by atoms with Gasteiger partial charge in [-0.3, -0.25) is 0 Å². The Bertz CT molecular complexity index is 376. The van der Waals surface area contributed by atoms with Crippen LogP contribution in [-0.2, 0) is 6.42 Å². The van der Waals surface area contributed by atoms with Gasteiger partial charge in [0.1, 0.15) is 11.6 Å². The molecule has 0 saturated carbocycles. The summed E-state index contributed by atoms with van der Waals surface area (Å²) in [5.74, 6) is -0.891. The highest BCUT2D eigenvalue weighted by Crippen LogP contribution is 2.23. The molecule has 0 aliphatic heterocycles. The van der Waals surface area contributed by atoms with Gasteiger partial charge in [0, 0.05) is 11.6 Å². The smallest absolute Gasteiger partial charge is 0.129 e. The predicted octanol–water partition coefficient (Wildman–Crippen LogP) is 4.31. The Hall–Kier alpha value is -0.960. The molecule has 0 fully saturated rings. The number of rotatable bonds is 6. The lowest BCUT2D eigenvalue weighted by Gasteiger charge is -2.24. The van der Waals surface area contributed by atoms with Crippen molar-refractivity contribution in [2.75, 3.05) is 6.54 Å². The molecule has 0 aromatic heterocycles. The van der Waals surface area contributed by atoms with Crippen molar-refractivity contribution in [3.63, 3.8) is 0 Å². The van der Waals surface area contributed by atoms with Gasteiger partial charge in [0.2, 0.25) is 0 Å². The van der Waals surface area contributed by atoms with Crippen molar-refractivity contribution in [2.45, 2.75) is 53.0 Å². The van der Waals surface area contributed by atoms with Crippen LogP contribution in [0, 0.1) is 17.0 Å². The number of nitrogens with one attached hydrogen (secondary N) is 1. The van der Waals surface area contributed by atoms with E-state index in [0.29, 0.717) is 6.42 Å². The lowest BCUT2D eigenvalue weighted by molar-refractivity contribution is 0.328. The highest BCUT2D eigenvalue weighted by molar-refractivity contribution is 5.20. The third-order valence-corrected chi connectivity index (χ3v) is 3.25. The lowest BCUT2D eigenvalue weighted by Crippen LogP contribution is -2.32. The zero-order chi connectivity index (χ0) is 14.5. The molecule has 0 aliphatic carbocycles. The minimum atomic E-state index is -0.446. The average Bonchev–Trinajstić information content (AvgIpc) is 2.30. The highest BCUT2D eigenvalue weighted by atomic mass is 19.1. The second-order valence-corrected chi connectivity index (χ2v) is 6.26. The van der Waals surface area contributed by atoms with Crippen LogP contribution in [0.2, 0.25) is 0 Å². The third-order valence-electron chi connectivity index (χ3n) is 3.25. The Morgan fingerprint density at radius 1 is 1.16 bits per heavy atom. The number of halogens is 2. The fourth-order valence-electron chi connectivity index (χ4n) is 2.15. The molecule has 0 radical (unpaired) electrons. The Morgan fingerprint density at radius 3 is 2.21 bits per heavy atom. The summed E-state index contributed by atoms with van der Waals surface area (Å²) in [6.45, 7) is 9.37. The van der Waals surface area contributed by atoms with Gasteiger partial charge in [-0.05, 0) is 43.4 Å². The van der Waals surface area contributed by atoms with E-state index in [9.17, 15) is 8.78 Å². The molecule has 0 amide bonds. The third kappa shape index (κ3) is 5.68. The molecule has 0 heterocycles. The van der Waals surface area contributed by atoms with Crippen LogP contribution in [-0.4, -0.2) is 12.6 Å². The zero-order valence-electron chi connectivity index (χ0n) is 12.4. The predicted molar refractivity (Wildman–Crippen MR) is 76.2 cm³/mol. The summed E-state index contributed by atoms with van der Waals surface area (Å²) in [5, 5.41) is 3.32. The van der Waals surface area contributed by atoms with Crippen molar-refractivity contribution in [1.82, 2.24) is 5.32 Å². The number of likely N-dealkylation sites (N-methyl/N-ethyl adjacent to an activating group) is 1. The van der Waals surface area contributed by atoms with Crippen LogP contribution < -0.4 is 5.32 Å². The molecule has 0 bridgehead atoms. The Balaban J connectivity index is 2.72. The molecule has 1 unspecified atom stereocenters. The highest BCUT2D eigenvalue weighted by Gasteiger charge is 2.18. The van der Waals surface area contributed by atoms with Gasteiger partial charge in [0.05, 0.1) is 0 Å². The largest absolute Gasteiger partial charge is 0.314 e. The van der Waals surface area contributed by atoms with Crippen LogP contribution in [0.3, 0.4) is 0 Å². The zero-order valence-corrected chi connectivity index (χ0v) is 12.4. The number of hydrogen-bond acceptors (Lipinski definition) is 1. The minimum Gasteiger partial charge on any atom is -0.314 e. The summed E-state index contributed by atoms with van der Waals surface area (Å²) < 4.78 is 27.3. The van der Waals surface area contributed by atoms with E-state index in [1.807, 2.05) is 6.92 Å². The molecule has 19 heavy (non-hydrogen) atoms. The maximum absolute atomic E-state index is 13.7. The normalized spacial score (nSPS) is 13.6. The first-order valence-electron chi connectivity index (χ1n) is 6.99. The Labute approximate surface area is 115 Å². The molecular weight excluding hydrogens is 244 g/mol. The maximum atomic E-state index is 13.7. The second-order valence-electron chi connectivity index (χ2n) is 6.26. The summed E-state index contributed by atoms with van der Waals surface area (Å²) in [6, 6.07) is 4.18. The van der Waals surface area contributed by atoms with Crippen molar-refractivity contribution in [3.05, 3.63) is 35.4 Å². The molecule has 1 rings (SSSR count). The van der Waals surface area contributed by atoms with Crippen molar-refractivity contribution >= 4 is 0 Å². The van der Waals surface area contributed by atoms with E-state index in [2.05, 4.69) is 26.1 Å². The Kier molecular flexibility index (Phi) is 5.92. The molecule has 3 heteroatoms. The van der Waals surface area contributed by atoms with Crippen LogP contribution in [0.1, 0.15) is 46.1 Å². The summed E-state index contributed by atoms with van der Waals surface area (Å²) in [6.07, 6.45) is 2.36. The second kappa shape index (κ2) is 6.99. The molecule has 108 valence electrons. The van der Waals surface area contributed by atoms with Gasteiger partial charge in [0.25, 0.3) is 0 Å². The van der Waals surface area contributed by atoms with Crippen LogP contribution in [0.15, 0.2) is 18.2 Å². The van der Waals surface area contributed by atoms with E-state index in [1.54, 1.807) is 0 Å². The van der Waals surface area contributed by atoms with E-state index >= 15 is 0 Å². The molecule has 1 N–H and O–H groups in total. The quantitative estimate of drug-likeness (QED) is 0.811. The van der Waals surface area contributed by atoms with E-state index in [0.717, 1.165) is 19.4 Å². The average molecular weight is 269 g/mol. The van der Waals surface area contributed by atoms with Crippen molar-refractivity contribution in [2.24, 2.45) is 5.41 Å². The van der Waals surface area contributed by atoms with E-state index in [4.69, 9.17) is 0 Å². The number of benzene rings is 1. The van der Waals surface area contributed by atoms with Gasteiger partial charge in [-0.25, -0.2) is 8.78 Å².